The number of carbonyl (C=O) groups is 1. The van der Waals surface area contributed by atoms with E-state index in [0.717, 1.165) is 16.7 Å². The van der Waals surface area contributed by atoms with Crippen molar-refractivity contribution in [2.24, 2.45) is 0 Å². The van der Waals surface area contributed by atoms with Gasteiger partial charge in [0, 0.05) is 11.8 Å². The van der Waals surface area contributed by atoms with Crippen LogP contribution in [0, 0.1) is 13.8 Å². The van der Waals surface area contributed by atoms with Gasteiger partial charge in [-0.25, -0.2) is 0 Å². The van der Waals surface area contributed by atoms with Crippen molar-refractivity contribution >= 4 is 17.3 Å². The van der Waals surface area contributed by atoms with E-state index in [2.05, 4.69) is 5.32 Å². The molecular weight excluding hydrogens is 264 g/mol. The zero-order valence-corrected chi connectivity index (χ0v) is 12.6. The number of hydrogen-bond acceptors (Lipinski definition) is 3. The third kappa shape index (κ3) is 3.75. The molecule has 0 bridgehead atoms. The van der Waals surface area contributed by atoms with Crippen LogP contribution in [-0.2, 0) is 11.2 Å². The Kier molecular flexibility index (Phi) is 4.48. The molecule has 0 heterocycles. The van der Waals surface area contributed by atoms with Gasteiger partial charge in [0.1, 0.15) is 5.75 Å². The maximum atomic E-state index is 12.1. The van der Waals surface area contributed by atoms with Crippen LogP contribution in [0.15, 0.2) is 36.4 Å². The molecule has 2 aromatic carbocycles. The van der Waals surface area contributed by atoms with E-state index in [-0.39, 0.29) is 5.91 Å². The normalized spacial score (nSPS) is 10.2. The molecule has 4 heteroatoms. The fourth-order valence-corrected chi connectivity index (χ4v) is 2.16. The number of nitrogens with two attached hydrogens (primary N) is 1. The lowest BCUT2D eigenvalue weighted by molar-refractivity contribution is -0.115. The van der Waals surface area contributed by atoms with E-state index < -0.39 is 0 Å². The van der Waals surface area contributed by atoms with Crippen molar-refractivity contribution in [2.45, 2.75) is 20.3 Å². The molecule has 2 rings (SSSR count). The highest BCUT2D eigenvalue weighted by Crippen LogP contribution is 2.25. The first-order chi connectivity index (χ1) is 9.99. The molecule has 0 spiro atoms. The van der Waals surface area contributed by atoms with Crippen LogP contribution >= 0.6 is 0 Å². The molecule has 0 atom stereocenters. The number of hydrogen-bond donors (Lipinski definition) is 2. The molecular formula is C17H20N2O2. The Bertz CT molecular complexity index is 666. The van der Waals surface area contributed by atoms with Crippen LogP contribution in [0.2, 0.25) is 0 Å². The molecule has 4 nitrogen and oxygen atoms in total. The number of aryl methyl sites for hydroxylation is 2. The molecule has 3 N–H and O–H groups in total. The van der Waals surface area contributed by atoms with Crippen LogP contribution in [0.1, 0.15) is 16.7 Å². The summed E-state index contributed by atoms with van der Waals surface area (Å²) in [5.41, 5.74) is 10.3. The minimum atomic E-state index is -0.0597. The van der Waals surface area contributed by atoms with Crippen molar-refractivity contribution in [2.75, 3.05) is 18.2 Å². The van der Waals surface area contributed by atoms with Gasteiger partial charge < -0.3 is 15.8 Å². The van der Waals surface area contributed by atoms with Gasteiger partial charge in [0.2, 0.25) is 5.91 Å². The number of anilines is 2. The molecule has 21 heavy (non-hydrogen) atoms. The first-order valence-corrected chi connectivity index (χ1v) is 6.79. The summed E-state index contributed by atoms with van der Waals surface area (Å²) in [6, 6.07) is 11.3. The predicted molar refractivity (Wildman–Crippen MR) is 85.7 cm³/mol. The Balaban J connectivity index is 2.10. The smallest absolute Gasteiger partial charge is 0.228 e. The topological polar surface area (TPSA) is 64.3 Å². The van der Waals surface area contributed by atoms with E-state index in [0.29, 0.717) is 23.5 Å². The van der Waals surface area contributed by atoms with Crippen LogP contribution in [-0.4, -0.2) is 13.0 Å². The molecule has 0 radical (unpaired) electrons. The second kappa shape index (κ2) is 6.31. The van der Waals surface area contributed by atoms with Gasteiger partial charge in [-0.3, -0.25) is 4.79 Å². The van der Waals surface area contributed by atoms with Gasteiger partial charge in [0.25, 0.3) is 0 Å². The van der Waals surface area contributed by atoms with Crippen molar-refractivity contribution in [3.05, 3.63) is 53.1 Å². The van der Waals surface area contributed by atoms with Gasteiger partial charge >= 0.3 is 0 Å². The number of rotatable bonds is 4. The summed E-state index contributed by atoms with van der Waals surface area (Å²) in [6.45, 7) is 4.03. The number of methoxy groups -OCH3 is 1. The molecule has 0 aromatic heterocycles. The van der Waals surface area contributed by atoms with Gasteiger partial charge in [-0.1, -0.05) is 23.8 Å². The van der Waals surface area contributed by atoms with Gasteiger partial charge in [-0.15, -0.1) is 0 Å². The highest BCUT2D eigenvalue weighted by atomic mass is 16.5. The lowest BCUT2D eigenvalue weighted by Gasteiger charge is -2.10. The van der Waals surface area contributed by atoms with Crippen molar-refractivity contribution in [3.8, 4) is 5.75 Å². The fraction of sp³-hybridized carbons (Fsp3) is 0.235. The summed E-state index contributed by atoms with van der Waals surface area (Å²) in [4.78, 5) is 12.1. The molecule has 110 valence electrons. The Labute approximate surface area is 124 Å². The lowest BCUT2D eigenvalue weighted by Crippen LogP contribution is -2.15. The number of amides is 1. The SMILES string of the molecule is COc1cc(NC(=O)Cc2cc(C)ccc2C)ccc1N. The highest BCUT2D eigenvalue weighted by Gasteiger charge is 2.08. The van der Waals surface area contributed by atoms with Gasteiger partial charge in [-0.05, 0) is 37.1 Å². The Morgan fingerprint density at radius 1 is 1.19 bits per heavy atom. The van der Waals surface area contributed by atoms with Crippen LogP contribution in [0.5, 0.6) is 5.75 Å². The van der Waals surface area contributed by atoms with E-state index >= 15 is 0 Å². The molecule has 0 aliphatic rings. The molecule has 0 saturated heterocycles. The van der Waals surface area contributed by atoms with E-state index in [9.17, 15) is 4.79 Å². The third-order valence-electron chi connectivity index (χ3n) is 3.37. The Hall–Kier alpha value is -2.49. The average Bonchev–Trinajstić information content (AvgIpc) is 2.45. The fourth-order valence-electron chi connectivity index (χ4n) is 2.16. The van der Waals surface area contributed by atoms with E-state index in [1.54, 1.807) is 25.3 Å². The molecule has 0 aliphatic heterocycles. The van der Waals surface area contributed by atoms with Gasteiger partial charge in [-0.2, -0.15) is 0 Å². The first kappa shape index (κ1) is 14.9. The summed E-state index contributed by atoms with van der Waals surface area (Å²) in [7, 11) is 1.55. The molecule has 0 saturated carbocycles. The minimum Gasteiger partial charge on any atom is -0.495 e. The zero-order chi connectivity index (χ0) is 15.4. The predicted octanol–water partition coefficient (Wildman–Crippen LogP) is 3.08. The summed E-state index contributed by atoms with van der Waals surface area (Å²) in [5, 5.41) is 2.86. The summed E-state index contributed by atoms with van der Waals surface area (Å²) >= 11 is 0. The van der Waals surface area contributed by atoms with E-state index in [1.165, 1.54) is 0 Å². The van der Waals surface area contributed by atoms with Crippen LogP contribution < -0.4 is 15.8 Å². The standard InChI is InChI=1S/C17H20N2O2/c1-11-4-5-12(2)13(8-11)9-17(20)19-14-6-7-15(18)16(10-14)21-3/h4-8,10H,9,18H2,1-3H3,(H,19,20). The number of carbonyl (C=O) groups excluding carboxylic acids is 1. The average molecular weight is 284 g/mol. The number of benzene rings is 2. The Morgan fingerprint density at radius 3 is 2.67 bits per heavy atom. The largest absolute Gasteiger partial charge is 0.495 e. The van der Waals surface area contributed by atoms with Gasteiger partial charge in [0.15, 0.2) is 0 Å². The zero-order valence-electron chi connectivity index (χ0n) is 12.6. The quantitative estimate of drug-likeness (QED) is 0.848. The molecule has 1 amide bonds. The van der Waals surface area contributed by atoms with Crippen LogP contribution in [0.25, 0.3) is 0 Å². The number of nitrogen functional groups attached to an aromatic ring is 1. The maximum absolute atomic E-state index is 12.1. The van der Waals surface area contributed by atoms with Crippen molar-refractivity contribution in [1.82, 2.24) is 0 Å². The maximum Gasteiger partial charge on any atom is 0.228 e. The minimum absolute atomic E-state index is 0.0597. The second-order valence-electron chi connectivity index (χ2n) is 5.11. The van der Waals surface area contributed by atoms with Gasteiger partial charge in [0.05, 0.1) is 19.2 Å². The summed E-state index contributed by atoms with van der Waals surface area (Å²) in [6.07, 6.45) is 0.347. The van der Waals surface area contributed by atoms with Crippen molar-refractivity contribution in [1.29, 1.82) is 0 Å². The molecule has 0 fully saturated rings. The summed E-state index contributed by atoms with van der Waals surface area (Å²) < 4.78 is 5.14. The van der Waals surface area contributed by atoms with E-state index in [4.69, 9.17) is 10.5 Å². The molecule has 0 unspecified atom stereocenters. The van der Waals surface area contributed by atoms with Crippen molar-refractivity contribution in [3.63, 3.8) is 0 Å². The highest BCUT2D eigenvalue weighted by molar-refractivity contribution is 5.93. The monoisotopic (exact) mass is 284 g/mol. The summed E-state index contributed by atoms with van der Waals surface area (Å²) in [5.74, 6) is 0.495. The van der Waals surface area contributed by atoms with Crippen molar-refractivity contribution < 1.29 is 9.53 Å². The lowest BCUT2D eigenvalue weighted by atomic mass is 10.0. The van der Waals surface area contributed by atoms with Crippen LogP contribution in [0.4, 0.5) is 11.4 Å². The Morgan fingerprint density at radius 2 is 1.95 bits per heavy atom. The molecule has 0 aliphatic carbocycles. The third-order valence-corrected chi connectivity index (χ3v) is 3.37. The van der Waals surface area contributed by atoms with Crippen LogP contribution in [0.3, 0.4) is 0 Å². The second-order valence-corrected chi connectivity index (χ2v) is 5.11. The molecule has 2 aromatic rings. The number of ether oxygens (including phenoxy) is 1. The first-order valence-electron chi connectivity index (χ1n) is 6.79. The number of nitrogens with one attached hydrogen (secondary N) is 1. The van der Waals surface area contributed by atoms with E-state index in [1.807, 2.05) is 32.0 Å².